The summed E-state index contributed by atoms with van der Waals surface area (Å²) in [5.74, 6) is -0.575. The average molecular weight is 394 g/mol. The lowest BCUT2D eigenvalue weighted by Crippen LogP contribution is -2.42. The van der Waals surface area contributed by atoms with Crippen LogP contribution in [-0.4, -0.2) is 47.5 Å². The molecule has 3 rings (SSSR count). The van der Waals surface area contributed by atoms with Crippen LogP contribution in [0.2, 0.25) is 5.02 Å². The lowest BCUT2D eigenvalue weighted by atomic mass is 10.1. The van der Waals surface area contributed by atoms with Gasteiger partial charge in [0.05, 0.1) is 22.4 Å². The smallest absolute Gasteiger partial charge is 0.255 e. The van der Waals surface area contributed by atoms with E-state index in [4.69, 9.17) is 16.3 Å². The number of nitrogens with one attached hydrogen (secondary N) is 1. The van der Waals surface area contributed by atoms with Crippen molar-refractivity contribution in [2.75, 3.05) is 25.0 Å². The van der Waals surface area contributed by atoms with Gasteiger partial charge >= 0.3 is 0 Å². The van der Waals surface area contributed by atoms with Crippen molar-refractivity contribution in [1.29, 1.82) is 0 Å². The van der Waals surface area contributed by atoms with Crippen LogP contribution in [0, 0.1) is 6.92 Å². The number of aryl methyl sites for hydroxylation is 1. The van der Waals surface area contributed by atoms with Gasteiger partial charge in [0.1, 0.15) is 6.54 Å². The number of hydrogen-bond acceptors (Lipinski definition) is 5. The van der Waals surface area contributed by atoms with E-state index in [-0.39, 0.29) is 24.5 Å². The van der Waals surface area contributed by atoms with Crippen LogP contribution < -0.4 is 5.32 Å². The first-order valence-corrected chi connectivity index (χ1v) is 9.66. The Bertz CT molecular complexity index is 789. The number of carbonyl (C=O) groups is 2. The summed E-state index contributed by atoms with van der Waals surface area (Å²) in [7, 11) is 0. The van der Waals surface area contributed by atoms with Gasteiger partial charge in [0.2, 0.25) is 5.91 Å². The second-order valence-corrected chi connectivity index (χ2v) is 7.41. The lowest BCUT2D eigenvalue weighted by Gasteiger charge is -2.25. The van der Waals surface area contributed by atoms with Crippen molar-refractivity contribution in [3.8, 4) is 0 Å². The first kappa shape index (κ1) is 18.8. The summed E-state index contributed by atoms with van der Waals surface area (Å²) in [5, 5.41) is 5.49. The fourth-order valence-electron chi connectivity index (χ4n) is 2.80. The number of anilines is 1. The average Bonchev–Trinajstić information content (AvgIpc) is 3.26. The summed E-state index contributed by atoms with van der Waals surface area (Å²) in [6.07, 6.45) is 1.78. The van der Waals surface area contributed by atoms with E-state index in [0.29, 0.717) is 28.9 Å². The van der Waals surface area contributed by atoms with E-state index < -0.39 is 0 Å². The third kappa shape index (κ3) is 4.81. The predicted molar refractivity (Wildman–Crippen MR) is 102 cm³/mol. The molecule has 1 aromatic carbocycles. The van der Waals surface area contributed by atoms with Crippen LogP contribution in [0.1, 0.15) is 28.9 Å². The number of rotatable bonds is 6. The Kier molecular flexibility index (Phi) is 6.24. The molecule has 2 aromatic rings. The van der Waals surface area contributed by atoms with Crippen LogP contribution >= 0.6 is 22.9 Å². The fourth-order valence-corrected chi connectivity index (χ4v) is 3.72. The van der Waals surface area contributed by atoms with Crippen molar-refractivity contribution in [1.82, 2.24) is 9.88 Å². The summed E-state index contributed by atoms with van der Waals surface area (Å²) in [6.45, 7) is 2.82. The summed E-state index contributed by atoms with van der Waals surface area (Å²) >= 11 is 7.51. The molecule has 1 aliphatic rings. The van der Waals surface area contributed by atoms with Gasteiger partial charge in [0.15, 0.2) is 5.13 Å². The van der Waals surface area contributed by atoms with Crippen LogP contribution in [0.5, 0.6) is 0 Å². The summed E-state index contributed by atoms with van der Waals surface area (Å²) in [5.41, 5.74) is 1.22. The molecular weight excluding hydrogens is 374 g/mol. The molecule has 2 heterocycles. The first-order valence-electron chi connectivity index (χ1n) is 8.40. The maximum atomic E-state index is 12.9. The summed E-state index contributed by atoms with van der Waals surface area (Å²) in [4.78, 5) is 31.1. The predicted octanol–water partition coefficient (Wildman–Crippen LogP) is 3.36. The molecule has 8 heteroatoms. The van der Waals surface area contributed by atoms with Crippen LogP contribution in [0.15, 0.2) is 29.6 Å². The molecule has 1 atom stereocenters. The summed E-state index contributed by atoms with van der Waals surface area (Å²) < 4.78 is 5.63. The van der Waals surface area contributed by atoms with Crippen molar-refractivity contribution in [2.24, 2.45) is 0 Å². The van der Waals surface area contributed by atoms with Gasteiger partial charge in [0.25, 0.3) is 5.91 Å². The van der Waals surface area contributed by atoms with Gasteiger partial charge in [-0.25, -0.2) is 4.98 Å². The number of ether oxygens (including phenoxy) is 1. The lowest BCUT2D eigenvalue weighted by molar-refractivity contribution is -0.117. The fraction of sp³-hybridized carbons (Fsp3) is 0.389. The first-order chi connectivity index (χ1) is 12.5. The van der Waals surface area contributed by atoms with E-state index in [1.165, 1.54) is 16.2 Å². The number of halogens is 1. The Morgan fingerprint density at radius 1 is 1.42 bits per heavy atom. The van der Waals surface area contributed by atoms with Gasteiger partial charge in [-0.3, -0.25) is 9.59 Å². The highest BCUT2D eigenvalue weighted by Crippen LogP contribution is 2.20. The standard InChI is InChI=1S/C18H20ClN3O3S/c1-12-11-26-18(20-12)21-16(23)10-22(9-13-5-4-8-25-13)17(24)14-6-2-3-7-15(14)19/h2-3,6-7,11,13H,4-5,8-10H2,1H3,(H,20,21,23). The maximum absolute atomic E-state index is 12.9. The monoisotopic (exact) mass is 393 g/mol. The van der Waals surface area contributed by atoms with Crippen molar-refractivity contribution in [3.63, 3.8) is 0 Å². The molecule has 0 aliphatic carbocycles. The molecule has 1 fully saturated rings. The normalized spacial score (nSPS) is 16.5. The zero-order valence-corrected chi connectivity index (χ0v) is 16.0. The Balaban J connectivity index is 1.72. The van der Waals surface area contributed by atoms with Crippen molar-refractivity contribution < 1.29 is 14.3 Å². The van der Waals surface area contributed by atoms with Crippen LogP contribution in [0.4, 0.5) is 5.13 Å². The van der Waals surface area contributed by atoms with E-state index in [1.54, 1.807) is 24.3 Å². The molecule has 6 nitrogen and oxygen atoms in total. The van der Waals surface area contributed by atoms with Crippen LogP contribution in [0.3, 0.4) is 0 Å². The Hall–Kier alpha value is -1.96. The second-order valence-electron chi connectivity index (χ2n) is 6.14. The molecule has 1 aromatic heterocycles. The highest BCUT2D eigenvalue weighted by atomic mass is 35.5. The van der Waals surface area contributed by atoms with Crippen molar-refractivity contribution in [2.45, 2.75) is 25.9 Å². The number of hydrogen-bond donors (Lipinski definition) is 1. The van der Waals surface area contributed by atoms with Gasteiger partial charge in [-0.2, -0.15) is 0 Å². The largest absolute Gasteiger partial charge is 0.376 e. The van der Waals surface area contributed by atoms with Gasteiger partial charge in [-0.15, -0.1) is 11.3 Å². The number of carbonyl (C=O) groups excluding carboxylic acids is 2. The number of aromatic nitrogens is 1. The van der Waals surface area contributed by atoms with Gasteiger partial charge in [0, 0.05) is 18.5 Å². The van der Waals surface area contributed by atoms with Crippen LogP contribution in [-0.2, 0) is 9.53 Å². The number of benzene rings is 1. The molecule has 0 spiro atoms. The highest BCUT2D eigenvalue weighted by molar-refractivity contribution is 7.13. The molecule has 26 heavy (non-hydrogen) atoms. The molecule has 0 saturated carbocycles. The molecule has 1 N–H and O–H groups in total. The van der Waals surface area contributed by atoms with E-state index in [2.05, 4.69) is 10.3 Å². The zero-order valence-electron chi connectivity index (χ0n) is 14.4. The Labute approximate surface area is 161 Å². The third-order valence-electron chi connectivity index (χ3n) is 4.04. The molecule has 0 radical (unpaired) electrons. The van der Waals surface area contributed by atoms with Gasteiger partial charge < -0.3 is 15.0 Å². The maximum Gasteiger partial charge on any atom is 0.255 e. The van der Waals surface area contributed by atoms with Crippen molar-refractivity contribution >= 4 is 39.9 Å². The zero-order chi connectivity index (χ0) is 18.5. The SMILES string of the molecule is Cc1csc(NC(=O)CN(CC2CCCO2)C(=O)c2ccccc2Cl)n1. The molecule has 138 valence electrons. The van der Waals surface area contributed by atoms with Crippen molar-refractivity contribution in [3.05, 3.63) is 45.9 Å². The number of thiazole rings is 1. The topological polar surface area (TPSA) is 71.5 Å². The highest BCUT2D eigenvalue weighted by Gasteiger charge is 2.26. The minimum absolute atomic E-state index is 0.0589. The van der Waals surface area contributed by atoms with Gasteiger partial charge in [-0.1, -0.05) is 23.7 Å². The van der Waals surface area contributed by atoms with E-state index in [9.17, 15) is 9.59 Å². The van der Waals surface area contributed by atoms with Gasteiger partial charge in [-0.05, 0) is 31.9 Å². The molecule has 2 amide bonds. The Morgan fingerprint density at radius 2 is 2.23 bits per heavy atom. The molecule has 1 saturated heterocycles. The summed E-state index contributed by atoms with van der Waals surface area (Å²) in [6, 6.07) is 6.84. The second kappa shape index (κ2) is 8.62. The molecule has 0 bridgehead atoms. The quantitative estimate of drug-likeness (QED) is 0.816. The number of amides is 2. The minimum Gasteiger partial charge on any atom is -0.376 e. The molecular formula is C18H20ClN3O3S. The van der Waals surface area contributed by atoms with E-state index >= 15 is 0 Å². The van der Waals surface area contributed by atoms with E-state index in [0.717, 1.165) is 18.5 Å². The molecule has 1 unspecified atom stereocenters. The number of nitrogens with zero attached hydrogens (tertiary/aromatic N) is 2. The van der Waals surface area contributed by atoms with Crippen LogP contribution in [0.25, 0.3) is 0 Å². The minimum atomic E-state index is -0.294. The Morgan fingerprint density at radius 3 is 2.88 bits per heavy atom. The molecule has 1 aliphatic heterocycles. The van der Waals surface area contributed by atoms with E-state index in [1.807, 2.05) is 12.3 Å². The third-order valence-corrected chi connectivity index (χ3v) is 5.24.